The molecule has 0 aliphatic carbocycles. The lowest BCUT2D eigenvalue weighted by molar-refractivity contribution is 0.355. The standard InChI is InChI=1S/C15H23N5/c1-3-5-11-15(16,4-2)12-14-17-18-19-20(14)13-9-7-6-8-10-13/h6-10H,3-5,11-12,16H2,1-2H3. The van der Waals surface area contributed by atoms with Crippen LogP contribution in [0.25, 0.3) is 5.69 Å². The van der Waals surface area contributed by atoms with Crippen LogP contribution < -0.4 is 5.73 Å². The summed E-state index contributed by atoms with van der Waals surface area (Å²) in [6.07, 6.45) is 4.92. The normalized spacial score (nSPS) is 14.2. The second-order valence-electron chi connectivity index (χ2n) is 5.34. The lowest BCUT2D eigenvalue weighted by Gasteiger charge is -2.27. The van der Waals surface area contributed by atoms with Crippen molar-refractivity contribution in [2.75, 3.05) is 0 Å². The second kappa shape index (κ2) is 6.61. The summed E-state index contributed by atoms with van der Waals surface area (Å²) in [4.78, 5) is 0. The third-order valence-corrected chi connectivity index (χ3v) is 3.78. The summed E-state index contributed by atoms with van der Waals surface area (Å²) in [5.74, 6) is 0.830. The molecule has 0 aliphatic heterocycles. The number of benzene rings is 1. The van der Waals surface area contributed by atoms with Gasteiger partial charge in [-0.3, -0.25) is 0 Å². The van der Waals surface area contributed by atoms with Gasteiger partial charge in [-0.25, -0.2) is 0 Å². The molecule has 5 heteroatoms. The van der Waals surface area contributed by atoms with E-state index in [1.54, 1.807) is 4.68 Å². The van der Waals surface area contributed by atoms with E-state index < -0.39 is 0 Å². The van der Waals surface area contributed by atoms with Gasteiger partial charge in [0.1, 0.15) is 0 Å². The van der Waals surface area contributed by atoms with Gasteiger partial charge in [-0.05, 0) is 35.4 Å². The smallest absolute Gasteiger partial charge is 0.158 e. The fourth-order valence-corrected chi connectivity index (χ4v) is 2.32. The van der Waals surface area contributed by atoms with Gasteiger partial charge >= 0.3 is 0 Å². The molecule has 1 heterocycles. The van der Waals surface area contributed by atoms with Gasteiger partial charge in [0.05, 0.1) is 5.69 Å². The van der Waals surface area contributed by atoms with E-state index in [1.807, 2.05) is 30.3 Å². The highest BCUT2D eigenvalue weighted by Crippen LogP contribution is 2.21. The van der Waals surface area contributed by atoms with Crippen LogP contribution in [0.4, 0.5) is 0 Å². The lowest BCUT2D eigenvalue weighted by atomic mass is 9.87. The van der Waals surface area contributed by atoms with Crippen LogP contribution in [0.3, 0.4) is 0 Å². The first-order valence-corrected chi connectivity index (χ1v) is 7.30. The van der Waals surface area contributed by atoms with E-state index >= 15 is 0 Å². The molecule has 1 aromatic heterocycles. The molecule has 1 unspecified atom stereocenters. The zero-order valence-electron chi connectivity index (χ0n) is 12.3. The molecule has 0 spiro atoms. The number of hydrogen-bond acceptors (Lipinski definition) is 4. The fraction of sp³-hybridized carbons (Fsp3) is 0.533. The predicted octanol–water partition coefficient (Wildman–Crippen LogP) is 2.50. The molecule has 1 atom stereocenters. The van der Waals surface area contributed by atoms with Crippen LogP contribution in [0, 0.1) is 0 Å². The third kappa shape index (κ3) is 3.42. The zero-order valence-corrected chi connectivity index (χ0v) is 12.3. The monoisotopic (exact) mass is 273 g/mol. The van der Waals surface area contributed by atoms with E-state index in [9.17, 15) is 0 Å². The maximum atomic E-state index is 6.51. The van der Waals surface area contributed by atoms with Gasteiger partial charge in [0, 0.05) is 12.0 Å². The lowest BCUT2D eigenvalue weighted by Crippen LogP contribution is -2.42. The molecule has 0 bridgehead atoms. The number of hydrogen-bond donors (Lipinski definition) is 1. The summed E-state index contributed by atoms with van der Waals surface area (Å²) in [5.41, 5.74) is 7.26. The molecule has 0 saturated carbocycles. The molecule has 5 nitrogen and oxygen atoms in total. The fourth-order valence-electron chi connectivity index (χ4n) is 2.32. The van der Waals surface area contributed by atoms with Gasteiger partial charge in [-0.2, -0.15) is 4.68 Å². The molecule has 108 valence electrons. The summed E-state index contributed by atoms with van der Waals surface area (Å²) in [5, 5.41) is 12.0. The summed E-state index contributed by atoms with van der Waals surface area (Å²) in [7, 11) is 0. The summed E-state index contributed by atoms with van der Waals surface area (Å²) in [6.45, 7) is 4.32. The SMILES string of the molecule is CCCCC(N)(CC)Cc1nnnn1-c1ccccc1. The molecule has 0 saturated heterocycles. The minimum atomic E-state index is -0.225. The highest BCUT2D eigenvalue weighted by molar-refractivity contribution is 5.30. The van der Waals surface area contributed by atoms with Crippen molar-refractivity contribution in [2.24, 2.45) is 5.73 Å². The number of para-hydroxylation sites is 1. The quantitative estimate of drug-likeness (QED) is 0.841. The molecule has 2 aromatic rings. The Bertz CT molecular complexity index is 522. The molecule has 0 amide bonds. The average molecular weight is 273 g/mol. The average Bonchev–Trinajstić information content (AvgIpc) is 2.94. The zero-order chi connectivity index (χ0) is 14.4. The Hall–Kier alpha value is -1.75. The number of aromatic nitrogens is 4. The van der Waals surface area contributed by atoms with Crippen LogP contribution in [-0.4, -0.2) is 25.7 Å². The van der Waals surface area contributed by atoms with E-state index in [0.29, 0.717) is 6.42 Å². The first-order chi connectivity index (χ1) is 9.68. The Kier molecular flexibility index (Phi) is 4.84. The Balaban J connectivity index is 2.20. The van der Waals surface area contributed by atoms with Crippen molar-refractivity contribution >= 4 is 0 Å². The van der Waals surface area contributed by atoms with Crippen molar-refractivity contribution in [1.29, 1.82) is 0 Å². The third-order valence-electron chi connectivity index (χ3n) is 3.78. The van der Waals surface area contributed by atoms with Gasteiger partial charge in [-0.1, -0.05) is 44.9 Å². The van der Waals surface area contributed by atoms with Crippen LogP contribution in [0.5, 0.6) is 0 Å². The van der Waals surface area contributed by atoms with Crippen molar-refractivity contribution in [1.82, 2.24) is 20.2 Å². The van der Waals surface area contributed by atoms with Crippen molar-refractivity contribution in [3.05, 3.63) is 36.2 Å². The highest BCUT2D eigenvalue weighted by atomic mass is 15.5. The molecule has 2 rings (SSSR count). The van der Waals surface area contributed by atoms with Crippen molar-refractivity contribution in [3.8, 4) is 5.69 Å². The molecule has 0 radical (unpaired) electrons. The Morgan fingerprint density at radius 3 is 2.60 bits per heavy atom. The summed E-state index contributed by atoms with van der Waals surface area (Å²) >= 11 is 0. The van der Waals surface area contributed by atoms with E-state index in [0.717, 1.165) is 37.2 Å². The first kappa shape index (κ1) is 14.7. The summed E-state index contributed by atoms with van der Waals surface area (Å²) < 4.78 is 1.78. The molecular weight excluding hydrogens is 250 g/mol. The second-order valence-corrected chi connectivity index (χ2v) is 5.34. The van der Waals surface area contributed by atoms with Crippen molar-refractivity contribution in [3.63, 3.8) is 0 Å². The number of unbranched alkanes of at least 4 members (excludes halogenated alkanes) is 1. The van der Waals surface area contributed by atoms with Gasteiger partial charge < -0.3 is 5.73 Å². The topological polar surface area (TPSA) is 69.6 Å². The Morgan fingerprint density at radius 2 is 1.95 bits per heavy atom. The van der Waals surface area contributed by atoms with Gasteiger partial charge in [-0.15, -0.1) is 5.10 Å². The van der Waals surface area contributed by atoms with Crippen LogP contribution in [-0.2, 0) is 6.42 Å². The van der Waals surface area contributed by atoms with Crippen molar-refractivity contribution in [2.45, 2.75) is 51.5 Å². The largest absolute Gasteiger partial charge is 0.325 e. The number of tetrazole rings is 1. The highest BCUT2D eigenvalue weighted by Gasteiger charge is 2.25. The molecule has 0 aliphatic rings. The first-order valence-electron chi connectivity index (χ1n) is 7.30. The number of rotatable bonds is 7. The number of nitrogens with two attached hydrogens (primary N) is 1. The van der Waals surface area contributed by atoms with Crippen LogP contribution in [0.15, 0.2) is 30.3 Å². The minimum Gasteiger partial charge on any atom is -0.325 e. The van der Waals surface area contributed by atoms with E-state index in [-0.39, 0.29) is 5.54 Å². The Labute approximate surface area is 120 Å². The van der Waals surface area contributed by atoms with E-state index in [1.165, 1.54) is 0 Å². The van der Waals surface area contributed by atoms with Gasteiger partial charge in [0.25, 0.3) is 0 Å². The molecule has 0 fully saturated rings. The number of nitrogens with zero attached hydrogens (tertiary/aromatic N) is 4. The van der Waals surface area contributed by atoms with Gasteiger partial charge in [0.15, 0.2) is 5.82 Å². The maximum absolute atomic E-state index is 6.51. The Morgan fingerprint density at radius 1 is 1.20 bits per heavy atom. The molecule has 20 heavy (non-hydrogen) atoms. The van der Waals surface area contributed by atoms with Gasteiger partial charge in [0.2, 0.25) is 0 Å². The van der Waals surface area contributed by atoms with Crippen LogP contribution in [0.2, 0.25) is 0 Å². The summed E-state index contributed by atoms with van der Waals surface area (Å²) in [6, 6.07) is 9.93. The van der Waals surface area contributed by atoms with Crippen LogP contribution >= 0.6 is 0 Å². The van der Waals surface area contributed by atoms with E-state index in [2.05, 4.69) is 29.4 Å². The predicted molar refractivity (Wildman–Crippen MR) is 79.6 cm³/mol. The minimum absolute atomic E-state index is 0.225. The molecule has 1 aromatic carbocycles. The maximum Gasteiger partial charge on any atom is 0.158 e. The van der Waals surface area contributed by atoms with Crippen LogP contribution in [0.1, 0.15) is 45.4 Å². The van der Waals surface area contributed by atoms with Crippen molar-refractivity contribution < 1.29 is 0 Å². The van der Waals surface area contributed by atoms with E-state index in [4.69, 9.17) is 5.73 Å². The molecular formula is C15H23N5. The molecule has 2 N–H and O–H groups in total.